The summed E-state index contributed by atoms with van der Waals surface area (Å²) in [6, 6.07) is 4.97. The lowest BCUT2D eigenvalue weighted by Gasteiger charge is -2.22. The quantitative estimate of drug-likeness (QED) is 0.665. The number of hydrogen-bond donors (Lipinski definition) is 1. The van der Waals surface area contributed by atoms with Gasteiger partial charge in [0.2, 0.25) is 0 Å². The molecule has 0 radical (unpaired) electrons. The zero-order valence-electron chi connectivity index (χ0n) is 10.2. The van der Waals surface area contributed by atoms with Gasteiger partial charge in [-0.15, -0.1) is 0 Å². The fraction of sp³-hybridized carbons (Fsp3) is 0.417. The molecule has 94 valence electrons. The number of benzene rings is 1. The van der Waals surface area contributed by atoms with Crippen molar-refractivity contribution in [2.75, 3.05) is 19.4 Å². The summed E-state index contributed by atoms with van der Waals surface area (Å²) in [6.45, 7) is 4.50. The third-order valence-electron chi connectivity index (χ3n) is 2.26. The molecule has 0 aliphatic rings. The van der Waals surface area contributed by atoms with Gasteiger partial charge in [0.05, 0.1) is 29.9 Å². The Morgan fingerprint density at radius 3 is 2.71 bits per heavy atom. The SMILES string of the molecule is CON(CC(C)C)C(=O)c1cccc(Cl)c1N. The number of rotatable bonds is 4. The van der Waals surface area contributed by atoms with Crippen LogP contribution in [-0.2, 0) is 4.84 Å². The van der Waals surface area contributed by atoms with Gasteiger partial charge in [-0.05, 0) is 18.1 Å². The largest absolute Gasteiger partial charge is 0.397 e. The molecular formula is C12H17ClN2O2. The minimum atomic E-state index is -0.277. The number of nitrogens with two attached hydrogens (primary N) is 1. The minimum Gasteiger partial charge on any atom is -0.397 e. The van der Waals surface area contributed by atoms with Crippen LogP contribution in [-0.4, -0.2) is 24.6 Å². The van der Waals surface area contributed by atoms with E-state index in [-0.39, 0.29) is 11.6 Å². The van der Waals surface area contributed by atoms with Crippen LogP contribution in [0.15, 0.2) is 18.2 Å². The van der Waals surface area contributed by atoms with Crippen molar-refractivity contribution in [3.63, 3.8) is 0 Å². The predicted octanol–water partition coefficient (Wildman–Crippen LogP) is 2.58. The lowest BCUT2D eigenvalue weighted by Crippen LogP contribution is -2.33. The van der Waals surface area contributed by atoms with E-state index in [4.69, 9.17) is 22.2 Å². The van der Waals surface area contributed by atoms with Crippen LogP contribution in [0.2, 0.25) is 5.02 Å². The Labute approximate surface area is 106 Å². The van der Waals surface area contributed by atoms with Crippen LogP contribution in [0.3, 0.4) is 0 Å². The first-order valence-electron chi connectivity index (χ1n) is 5.37. The highest BCUT2D eigenvalue weighted by atomic mass is 35.5. The van der Waals surface area contributed by atoms with Crippen LogP contribution < -0.4 is 5.73 Å². The maximum Gasteiger partial charge on any atom is 0.279 e. The van der Waals surface area contributed by atoms with E-state index >= 15 is 0 Å². The Bertz CT molecular complexity index is 407. The first kappa shape index (κ1) is 13.8. The number of hydroxylamine groups is 2. The molecule has 0 saturated carbocycles. The molecular weight excluding hydrogens is 240 g/mol. The highest BCUT2D eigenvalue weighted by molar-refractivity contribution is 6.33. The highest BCUT2D eigenvalue weighted by Crippen LogP contribution is 2.23. The predicted molar refractivity (Wildman–Crippen MR) is 68.7 cm³/mol. The summed E-state index contributed by atoms with van der Waals surface area (Å²) in [4.78, 5) is 17.2. The Kier molecular flexibility index (Phi) is 4.78. The highest BCUT2D eigenvalue weighted by Gasteiger charge is 2.19. The minimum absolute atomic E-state index is 0.277. The van der Waals surface area contributed by atoms with Crippen molar-refractivity contribution in [1.29, 1.82) is 0 Å². The summed E-state index contributed by atoms with van der Waals surface area (Å²) in [6.07, 6.45) is 0. The molecule has 0 spiro atoms. The van der Waals surface area contributed by atoms with Gasteiger partial charge in [-0.1, -0.05) is 31.5 Å². The van der Waals surface area contributed by atoms with Gasteiger partial charge in [0.25, 0.3) is 5.91 Å². The van der Waals surface area contributed by atoms with Crippen molar-refractivity contribution in [2.24, 2.45) is 5.92 Å². The summed E-state index contributed by atoms with van der Waals surface area (Å²) >= 11 is 5.87. The fourth-order valence-corrected chi connectivity index (χ4v) is 1.60. The molecule has 5 heteroatoms. The molecule has 1 aromatic rings. The van der Waals surface area contributed by atoms with E-state index in [1.54, 1.807) is 18.2 Å². The molecule has 0 aliphatic heterocycles. The van der Waals surface area contributed by atoms with E-state index in [0.29, 0.717) is 23.0 Å². The Morgan fingerprint density at radius 2 is 2.18 bits per heavy atom. The Hall–Kier alpha value is -1.26. The molecule has 0 aromatic heterocycles. The molecule has 4 nitrogen and oxygen atoms in total. The smallest absolute Gasteiger partial charge is 0.279 e. The van der Waals surface area contributed by atoms with Gasteiger partial charge < -0.3 is 5.73 Å². The number of anilines is 1. The molecule has 0 aliphatic carbocycles. The monoisotopic (exact) mass is 256 g/mol. The van der Waals surface area contributed by atoms with Crippen molar-refractivity contribution < 1.29 is 9.63 Å². The van der Waals surface area contributed by atoms with Gasteiger partial charge in [0.1, 0.15) is 0 Å². The van der Waals surface area contributed by atoms with Crippen LogP contribution in [0.25, 0.3) is 0 Å². The second kappa shape index (κ2) is 5.89. The van der Waals surface area contributed by atoms with Crippen molar-refractivity contribution in [1.82, 2.24) is 5.06 Å². The van der Waals surface area contributed by atoms with Crippen LogP contribution in [0.1, 0.15) is 24.2 Å². The molecule has 2 N–H and O–H groups in total. The Morgan fingerprint density at radius 1 is 1.53 bits per heavy atom. The van der Waals surface area contributed by atoms with Crippen molar-refractivity contribution in [2.45, 2.75) is 13.8 Å². The van der Waals surface area contributed by atoms with Crippen LogP contribution in [0.5, 0.6) is 0 Å². The summed E-state index contributed by atoms with van der Waals surface area (Å²) in [7, 11) is 1.46. The fourth-order valence-electron chi connectivity index (χ4n) is 1.43. The number of nitrogens with zero attached hydrogens (tertiary/aromatic N) is 1. The van der Waals surface area contributed by atoms with Gasteiger partial charge in [0, 0.05) is 0 Å². The summed E-state index contributed by atoms with van der Waals surface area (Å²) < 4.78 is 0. The first-order valence-corrected chi connectivity index (χ1v) is 5.75. The lowest BCUT2D eigenvalue weighted by atomic mass is 10.1. The van der Waals surface area contributed by atoms with E-state index in [9.17, 15) is 4.79 Å². The topological polar surface area (TPSA) is 55.6 Å². The van der Waals surface area contributed by atoms with E-state index in [2.05, 4.69) is 0 Å². The standard InChI is InChI=1S/C12H17ClN2O2/c1-8(2)7-15(17-3)12(16)9-5-4-6-10(13)11(9)14/h4-6,8H,7,14H2,1-3H3. The maximum absolute atomic E-state index is 12.1. The lowest BCUT2D eigenvalue weighted by molar-refractivity contribution is -0.101. The van der Waals surface area contributed by atoms with Gasteiger partial charge in [-0.3, -0.25) is 9.63 Å². The second-order valence-corrected chi connectivity index (χ2v) is 4.55. The Balaban J connectivity index is 2.98. The number of carbonyl (C=O) groups is 1. The van der Waals surface area contributed by atoms with E-state index < -0.39 is 0 Å². The van der Waals surface area contributed by atoms with Gasteiger partial charge in [-0.2, -0.15) is 0 Å². The third-order valence-corrected chi connectivity index (χ3v) is 2.59. The average Bonchev–Trinajstić information content (AvgIpc) is 2.28. The first-order chi connectivity index (χ1) is 7.97. The summed E-state index contributed by atoms with van der Waals surface area (Å²) in [5.41, 5.74) is 6.42. The molecule has 0 saturated heterocycles. The number of carbonyl (C=O) groups excluding carboxylic acids is 1. The van der Waals surface area contributed by atoms with Gasteiger partial charge >= 0.3 is 0 Å². The van der Waals surface area contributed by atoms with E-state index in [1.807, 2.05) is 13.8 Å². The summed E-state index contributed by atoms with van der Waals surface area (Å²) in [5, 5.41) is 1.66. The molecule has 0 heterocycles. The molecule has 0 unspecified atom stereocenters. The van der Waals surface area contributed by atoms with Crippen LogP contribution in [0, 0.1) is 5.92 Å². The number of nitrogen functional groups attached to an aromatic ring is 1. The zero-order valence-corrected chi connectivity index (χ0v) is 11.0. The number of para-hydroxylation sites is 1. The maximum atomic E-state index is 12.1. The zero-order chi connectivity index (χ0) is 13.0. The molecule has 1 amide bonds. The molecule has 0 bridgehead atoms. The number of hydrogen-bond acceptors (Lipinski definition) is 3. The van der Waals surface area contributed by atoms with E-state index in [0.717, 1.165) is 0 Å². The third kappa shape index (κ3) is 3.35. The van der Waals surface area contributed by atoms with Gasteiger partial charge in [0.15, 0.2) is 0 Å². The number of amides is 1. The second-order valence-electron chi connectivity index (χ2n) is 4.14. The van der Waals surface area contributed by atoms with Crippen molar-refractivity contribution in [3.05, 3.63) is 28.8 Å². The molecule has 1 aromatic carbocycles. The van der Waals surface area contributed by atoms with Crippen molar-refractivity contribution in [3.8, 4) is 0 Å². The van der Waals surface area contributed by atoms with Crippen LogP contribution in [0.4, 0.5) is 5.69 Å². The van der Waals surface area contributed by atoms with Crippen LogP contribution >= 0.6 is 11.6 Å². The molecule has 0 atom stereocenters. The molecule has 17 heavy (non-hydrogen) atoms. The number of halogens is 1. The van der Waals surface area contributed by atoms with Crippen molar-refractivity contribution >= 4 is 23.2 Å². The molecule has 1 rings (SSSR count). The van der Waals surface area contributed by atoms with Gasteiger partial charge in [-0.25, -0.2) is 5.06 Å². The summed E-state index contributed by atoms with van der Waals surface area (Å²) in [5.74, 6) is 0.0282. The molecule has 0 fully saturated rings. The average molecular weight is 257 g/mol. The normalized spacial score (nSPS) is 10.6. The van der Waals surface area contributed by atoms with E-state index in [1.165, 1.54) is 12.2 Å².